The van der Waals surface area contributed by atoms with Gasteiger partial charge in [-0.1, -0.05) is 6.07 Å². The predicted octanol–water partition coefficient (Wildman–Crippen LogP) is 2.52. The summed E-state index contributed by atoms with van der Waals surface area (Å²) >= 11 is 0. The summed E-state index contributed by atoms with van der Waals surface area (Å²) in [5, 5.41) is 3.29. The molecular weight excluding hydrogens is 240 g/mol. The normalized spacial score (nSPS) is 9.95. The van der Waals surface area contributed by atoms with Crippen molar-refractivity contribution < 1.29 is 9.53 Å². The number of carbonyl (C=O) groups excluding carboxylic acids is 1. The number of benzene rings is 1. The number of aromatic nitrogens is 1. The Morgan fingerprint density at radius 1 is 1.21 bits per heavy atom. The van der Waals surface area contributed by atoms with Crippen LogP contribution in [-0.4, -0.2) is 24.6 Å². The highest BCUT2D eigenvalue weighted by Crippen LogP contribution is 2.10. The summed E-state index contributed by atoms with van der Waals surface area (Å²) in [6, 6.07) is 13.1. The Hall–Kier alpha value is -2.36. The molecule has 0 atom stereocenters. The van der Waals surface area contributed by atoms with Gasteiger partial charge in [0.25, 0.3) is 0 Å². The summed E-state index contributed by atoms with van der Waals surface area (Å²) < 4.78 is 4.65. The number of hydrogen-bond donors (Lipinski definition) is 1. The number of pyridine rings is 1. The van der Waals surface area contributed by atoms with Crippen molar-refractivity contribution in [3.05, 3.63) is 59.9 Å². The van der Waals surface area contributed by atoms with Crippen LogP contribution in [0.3, 0.4) is 0 Å². The molecule has 0 bridgehead atoms. The van der Waals surface area contributed by atoms with E-state index in [1.54, 1.807) is 18.3 Å². The van der Waals surface area contributed by atoms with Crippen LogP contribution in [0.15, 0.2) is 48.7 Å². The average Bonchev–Trinajstić information content (AvgIpc) is 2.48. The SMILES string of the molecule is COC(=O)c1ccc(NCCc2ccccn2)cc1. The molecule has 0 fully saturated rings. The van der Waals surface area contributed by atoms with Crippen LogP contribution in [0.1, 0.15) is 16.1 Å². The molecule has 0 saturated heterocycles. The lowest BCUT2D eigenvalue weighted by molar-refractivity contribution is 0.0601. The maximum Gasteiger partial charge on any atom is 0.337 e. The van der Waals surface area contributed by atoms with E-state index in [1.807, 2.05) is 30.3 Å². The van der Waals surface area contributed by atoms with Crippen LogP contribution in [-0.2, 0) is 11.2 Å². The maximum atomic E-state index is 11.3. The smallest absolute Gasteiger partial charge is 0.337 e. The van der Waals surface area contributed by atoms with Crippen LogP contribution in [0.5, 0.6) is 0 Å². The Morgan fingerprint density at radius 3 is 2.63 bits per heavy atom. The molecule has 4 nitrogen and oxygen atoms in total. The van der Waals surface area contributed by atoms with Gasteiger partial charge in [-0.05, 0) is 36.4 Å². The highest BCUT2D eigenvalue weighted by Gasteiger charge is 2.03. The van der Waals surface area contributed by atoms with Gasteiger partial charge in [0.15, 0.2) is 0 Å². The van der Waals surface area contributed by atoms with Crippen LogP contribution >= 0.6 is 0 Å². The van der Waals surface area contributed by atoms with Gasteiger partial charge in [0, 0.05) is 30.5 Å². The number of methoxy groups -OCH3 is 1. The summed E-state index contributed by atoms with van der Waals surface area (Å²) in [4.78, 5) is 15.5. The molecule has 1 N–H and O–H groups in total. The predicted molar refractivity (Wildman–Crippen MR) is 74.2 cm³/mol. The Balaban J connectivity index is 1.85. The van der Waals surface area contributed by atoms with Gasteiger partial charge in [0.05, 0.1) is 12.7 Å². The Labute approximate surface area is 112 Å². The molecule has 98 valence electrons. The van der Waals surface area contributed by atoms with Gasteiger partial charge in [-0.3, -0.25) is 4.98 Å². The zero-order chi connectivity index (χ0) is 13.5. The molecule has 0 aliphatic rings. The summed E-state index contributed by atoms with van der Waals surface area (Å²) in [6.45, 7) is 0.800. The third kappa shape index (κ3) is 3.81. The van der Waals surface area contributed by atoms with Crippen LogP contribution in [0, 0.1) is 0 Å². The molecule has 0 amide bonds. The summed E-state index contributed by atoms with van der Waals surface area (Å²) in [7, 11) is 1.38. The van der Waals surface area contributed by atoms with Crippen LogP contribution < -0.4 is 5.32 Å². The molecule has 2 rings (SSSR count). The topological polar surface area (TPSA) is 51.2 Å². The van der Waals surface area contributed by atoms with Crippen molar-refractivity contribution in [2.75, 3.05) is 19.0 Å². The molecular formula is C15H16N2O2. The number of hydrogen-bond acceptors (Lipinski definition) is 4. The standard InChI is InChI=1S/C15H16N2O2/c1-19-15(18)12-5-7-14(8-6-12)17-11-9-13-4-2-3-10-16-13/h2-8,10,17H,9,11H2,1H3. The number of carbonyl (C=O) groups is 1. The molecule has 19 heavy (non-hydrogen) atoms. The minimum atomic E-state index is -0.319. The van der Waals surface area contributed by atoms with Crippen LogP contribution in [0.2, 0.25) is 0 Å². The summed E-state index contributed by atoms with van der Waals surface area (Å²) in [5.74, 6) is -0.319. The van der Waals surface area contributed by atoms with Crippen molar-refractivity contribution in [3.63, 3.8) is 0 Å². The van der Waals surface area contributed by atoms with Crippen molar-refractivity contribution in [1.29, 1.82) is 0 Å². The first kappa shape index (κ1) is 13.1. The third-order valence-electron chi connectivity index (χ3n) is 2.74. The minimum Gasteiger partial charge on any atom is -0.465 e. The second-order valence-electron chi connectivity index (χ2n) is 4.07. The number of nitrogens with one attached hydrogen (secondary N) is 1. The lowest BCUT2D eigenvalue weighted by Gasteiger charge is -2.06. The monoisotopic (exact) mass is 256 g/mol. The van der Waals surface area contributed by atoms with Crippen LogP contribution in [0.4, 0.5) is 5.69 Å². The van der Waals surface area contributed by atoms with Gasteiger partial charge < -0.3 is 10.1 Å². The molecule has 1 heterocycles. The number of rotatable bonds is 5. The second-order valence-corrected chi connectivity index (χ2v) is 4.07. The Morgan fingerprint density at radius 2 is 2.00 bits per heavy atom. The van der Waals surface area contributed by atoms with E-state index in [0.29, 0.717) is 5.56 Å². The maximum absolute atomic E-state index is 11.3. The van der Waals surface area contributed by atoms with E-state index in [-0.39, 0.29) is 5.97 Å². The Kier molecular flexibility index (Phi) is 4.50. The molecule has 1 aromatic heterocycles. The first-order chi connectivity index (χ1) is 9.29. The number of nitrogens with zero attached hydrogens (tertiary/aromatic N) is 1. The molecule has 1 aromatic carbocycles. The zero-order valence-electron chi connectivity index (χ0n) is 10.8. The fourth-order valence-electron chi connectivity index (χ4n) is 1.72. The van der Waals surface area contributed by atoms with Gasteiger partial charge in [0.1, 0.15) is 0 Å². The van der Waals surface area contributed by atoms with Crippen molar-refractivity contribution in [3.8, 4) is 0 Å². The largest absolute Gasteiger partial charge is 0.465 e. The molecule has 0 spiro atoms. The van der Waals surface area contributed by atoms with E-state index in [9.17, 15) is 4.79 Å². The summed E-state index contributed by atoms with van der Waals surface area (Å²) in [5.41, 5.74) is 2.59. The molecule has 4 heteroatoms. The van der Waals surface area contributed by atoms with Crippen molar-refractivity contribution >= 4 is 11.7 Å². The van der Waals surface area contributed by atoms with E-state index in [1.165, 1.54) is 7.11 Å². The first-order valence-corrected chi connectivity index (χ1v) is 6.12. The number of esters is 1. The fraction of sp³-hybridized carbons (Fsp3) is 0.200. The van der Waals surface area contributed by atoms with Gasteiger partial charge in [-0.2, -0.15) is 0 Å². The average molecular weight is 256 g/mol. The van der Waals surface area contributed by atoms with Crippen molar-refractivity contribution in [2.24, 2.45) is 0 Å². The molecule has 0 unspecified atom stereocenters. The van der Waals surface area contributed by atoms with Crippen molar-refractivity contribution in [1.82, 2.24) is 4.98 Å². The molecule has 0 aliphatic carbocycles. The molecule has 0 saturated carbocycles. The number of ether oxygens (including phenoxy) is 1. The van der Waals surface area contributed by atoms with E-state index in [0.717, 1.165) is 24.3 Å². The van der Waals surface area contributed by atoms with E-state index in [2.05, 4.69) is 15.0 Å². The van der Waals surface area contributed by atoms with Gasteiger partial charge >= 0.3 is 5.97 Å². The van der Waals surface area contributed by atoms with Gasteiger partial charge in [-0.25, -0.2) is 4.79 Å². The summed E-state index contributed by atoms with van der Waals surface area (Å²) in [6.07, 6.45) is 2.65. The minimum absolute atomic E-state index is 0.319. The fourth-order valence-corrected chi connectivity index (χ4v) is 1.72. The van der Waals surface area contributed by atoms with Gasteiger partial charge in [-0.15, -0.1) is 0 Å². The highest BCUT2D eigenvalue weighted by atomic mass is 16.5. The first-order valence-electron chi connectivity index (χ1n) is 6.12. The Bertz CT molecular complexity index is 524. The third-order valence-corrected chi connectivity index (χ3v) is 2.74. The highest BCUT2D eigenvalue weighted by molar-refractivity contribution is 5.89. The lowest BCUT2D eigenvalue weighted by atomic mass is 10.2. The van der Waals surface area contributed by atoms with Crippen molar-refractivity contribution in [2.45, 2.75) is 6.42 Å². The quantitative estimate of drug-likeness (QED) is 0.835. The molecule has 2 aromatic rings. The zero-order valence-corrected chi connectivity index (χ0v) is 10.8. The van der Waals surface area contributed by atoms with Crippen LogP contribution in [0.25, 0.3) is 0 Å². The van der Waals surface area contributed by atoms with E-state index in [4.69, 9.17) is 0 Å². The lowest BCUT2D eigenvalue weighted by Crippen LogP contribution is -2.06. The van der Waals surface area contributed by atoms with Gasteiger partial charge in [0.2, 0.25) is 0 Å². The molecule has 0 aliphatic heterocycles. The number of anilines is 1. The van der Waals surface area contributed by atoms with E-state index < -0.39 is 0 Å². The van der Waals surface area contributed by atoms with E-state index >= 15 is 0 Å². The second kappa shape index (κ2) is 6.54. The molecule has 0 radical (unpaired) electrons.